The van der Waals surface area contributed by atoms with Gasteiger partial charge in [-0.1, -0.05) is 30.3 Å². The van der Waals surface area contributed by atoms with Gasteiger partial charge in [0.1, 0.15) is 0 Å². The summed E-state index contributed by atoms with van der Waals surface area (Å²) in [6.07, 6.45) is 2.99. The third-order valence-electron chi connectivity index (χ3n) is 2.61. The van der Waals surface area contributed by atoms with Crippen LogP contribution < -0.4 is 5.32 Å². The van der Waals surface area contributed by atoms with E-state index < -0.39 is 0 Å². The molecular weight excluding hydrogens is 216 g/mol. The van der Waals surface area contributed by atoms with Crippen molar-refractivity contribution in [3.8, 4) is 0 Å². The highest BCUT2D eigenvalue weighted by Crippen LogP contribution is 2.23. The average molecular weight is 232 g/mol. The van der Waals surface area contributed by atoms with E-state index in [1.54, 1.807) is 11.3 Å². The minimum absolute atomic E-state index is 0.369. The number of hydrogen-bond acceptors (Lipinski definition) is 3. The fourth-order valence-corrected chi connectivity index (χ4v) is 2.63. The van der Waals surface area contributed by atoms with Crippen LogP contribution in [0.5, 0.6) is 0 Å². The summed E-state index contributed by atoms with van der Waals surface area (Å²) in [5, 5.41) is 4.48. The Balaban J connectivity index is 2.12. The van der Waals surface area contributed by atoms with Crippen LogP contribution >= 0.6 is 11.3 Å². The molecule has 0 fully saturated rings. The van der Waals surface area contributed by atoms with Crippen LogP contribution in [-0.4, -0.2) is 12.0 Å². The number of hydrogen-bond donors (Lipinski definition) is 1. The summed E-state index contributed by atoms with van der Waals surface area (Å²) in [6, 6.07) is 10.9. The summed E-state index contributed by atoms with van der Waals surface area (Å²) in [7, 11) is 2.00. The zero-order valence-electron chi connectivity index (χ0n) is 9.60. The molecule has 1 aromatic heterocycles. The first kappa shape index (κ1) is 11.3. The van der Waals surface area contributed by atoms with Gasteiger partial charge in [0, 0.05) is 17.1 Å². The Morgan fingerprint density at radius 3 is 2.62 bits per heavy atom. The van der Waals surface area contributed by atoms with Gasteiger partial charge in [0.05, 0.1) is 5.01 Å². The summed E-state index contributed by atoms with van der Waals surface area (Å²) in [6.45, 7) is 2.05. The summed E-state index contributed by atoms with van der Waals surface area (Å²) >= 11 is 1.77. The molecule has 0 radical (unpaired) electrons. The Hall–Kier alpha value is -1.19. The van der Waals surface area contributed by atoms with E-state index in [-0.39, 0.29) is 0 Å². The van der Waals surface area contributed by atoms with E-state index >= 15 is 0 Å². The van der Waals surface area contributed by atoms with Crippen molar-refractivity contribution in [2.45, 2.75) is 19.4 Å². The second-order valence-electron chi connectivity index (χ2n) is 3.81. The number of nitrogens with zero attached hydrogens (tertiary/aromatic N) is 1. The van der Waals surface area contributed by atoms with Gasteiger partial charge in [0.15, 0.2) is 0 Å². The first-order chi connectivity index (χ1) is 7.79. The maximum Gasteiger partial charge on any atom is 0.0897 e. The second-order valence-corrected chi connectivity index (χ2v) is 5.08. The lowest BCUT2D eigenvalue weighted by Crippen LogP contribution is -2.17. The molecule has 1 unspecified atom stereocenters. The van der Waals surface area contributed by atoms with Gasteiger partial charge >= 0.3 is 0 Å². The van der Waals surface area contributed by atoms with Crippen molar-refractivity contribution in [1.29, 1.82) is 0 Å². The Morgan fingerprint density at radius 2 is 2.06 bits per heavy atom. The molecule has 1 heterocycles. The fourth-order valence-electron chi connectivity index (χ4n) is 1.73. The number of thiazole rings is 1. The molecule has 0 aliphatic carbocycles. The Kier molecular flexibility index (Phi) is 3.70. The van der Waals surface area contributed by atoms with Crippen molar-refractivity contribution in [2.75, 3.05) is 7.05 Å². The Bertz CT molecular complexity index is 436. The predicted molar refractivity (Wildman–Crippen MR) is 68.8 cm³/mol. The van der Waals surface area contributed by atoms with Crippen molar-refractivity contribution >= 4 is 11.3 Å². The Labute approximate surface area is 100 Å². The van der Waals surface area contributed by atoms with Crippen LogP contribution in [0, 0.1) is 6.92 Å². The smallest absolute Gasteiger partial charge is 0.0897 e. The third-order valence-corrected chi connectivity index (χ3v) is 3.64. The molecule has 0 amide bonds. The van der Waals surface area contributed by atoms with E-state index in [0.29, 0.717) is 6.04 Å². The largest absolute Gasteiger partial charge is 0.312 e. The lowest BCUT2D eigenvalue weighted by atomic mass is 10.1. The van der Waals surface area contributed by atoms with Crippen molar-refractivity contribution in [3.05, 3.63) is 52.0 Å². The molecular formula is C13H16N2S. The van der Waals surface area contributed by atoms with Crippen LogP contribution in [0.3, 0.4) is 0 Å². The van der Waals surface area contributed by atoms with Gasteiger partial charge < -0.3 is 5.32 Å². The van der Waals surface area contributed by atoms with Crippen molar-refractivity contribution in [2.24, 2.45) is 0 Å². The second kappa shape index (κ2) is 5.23. The molecule has 2 aromatic rings. The van der Waals surface area contributed by atoms with E-state index in [2.05, 4.69) is 40.6 Å². The number of nitrogens with one attached hydrogen (secondary N) is 1. The van der Waals surface area contributed by atoms with Gasteiger partial charge in [0.25, 0.3) is 0 Å². The summed E-state index contributed by atoms with van der Waals surface area (Å²) < 4.78 is 0. The van der Waals surface area contributed by atoms with Crippen LogP contribution in [0.4, 0.5) is 0 Å². The highest BCUT2D eigenvalue weighted by Gasteiger charge is 2.12. The highest BCUT2D eigenvalue weighted by molar-refractivity contribution is 7.11. The van der Waals surface area contributed by atoms with Crippen LogP contribution in [0.15, 0.2) is 36.5 Å². The van der Waals surface area contributed by atoms with Gasteiger partial charge in [-0.15, -0.1) is 11.3 Å². The monoisotopic (exact) mass is 232 g/mol. The molecule has 3 heteroatoms. The van der Waals surface area contributed by atoms with Gasteiger partial charge in [-0.2, -0.15) is 0 Å². The first-order valence-corrected chi connectivity index (χ1v) is 6.25. The first-order valence-electron chi connectivity index (χ1n) is 5.43. The van der Waals surface area contributed by atoms with Gasteiger partial charge in [-0.25, -0.2) is 4.98 Å². The number of rotatable bonds is 4. The molecule has 2 nitrogen and oxygen atoms in total. The van der Waals surface area contributed by atoms with E-state index in [1.165, 1.54) is 10.4 Å². The van der Waals surface area contributed by atoms with Crippen molar-refractivity contribution < 1.29 is 0 Å². The summed E-state index contributed by atoms with van der Waals surface area (Å²) in [5.41, 5.74) is 1.35. The number of likely N-dealkylation sites (N-methyl/N-ethyl adjacent to an activating group) is 1. The van der Waals surface area contributed by atoms with Crippen LogP contribution in [0.2, 0.25) is 0 Å². The molecule has 1 N–H and O–H groups in total. The molecule has 84 valence electrons. The third kappa shape index (κ3) is 2.68. The maximum absolute atomic E-state index is 4.31. The SMILES string of the molecule is CNC(Cc1ccccc1)c1cnc(C)s1. The van der Waals surface area contributed by atoms with Crippen LogP contribution in [0.25, 0.3) is 0 Å². The molecule has 1 atom stereocenters. The number of aromatic nitrogens is 1. The van der Waals surface area contributed by atoms with E-state index in [9.17, 15) is 0 Å². The molecule has 16 heavy (non-hydrogen) atoms. The van der Waals surface area contributed by atoms with Crippen molar-refractivity contribution in [3.63, 3.8) is 0 Å². The number of aryl methyl sites for hydroxylation is 1. The van der Waals surface area contributed by atoms with Gasteiger partial charge in [-0.3, -0.25) is 0 Å². The molecule has 0 saturated carbocycles. The van der Waals surface area contributed by atoms with Crippen molar-refractivity contribution in [1.82, 2.24) is 10.3 Å². The van der Waals surface area contributed by atoms with E-state index in [4.69, 9.17) is 0 Å². The average Bonchev–Trinajstić information content (AvgIpc) is 2.74. The minimum Gasteiger partial charge on any atom is -0.312 e. The topological polar surface area (TPSA) is 24.9 Å². The zero-order chi connectivity index (χ0) is 11.4. The molecule has 2 rings (SSSR count). The summed E-state index contributed by atoms with van der Waals surface area (Å²) in [5.74, 6) is 0. The minimum atomic E-state index is 0.369. The molecule has 0 aliphatic rings. The molecule has 0 spiro atoms. The molecule has 1 aromatic carbocycles. The lowest BCUT2D eigenvalue weighted by molar-refractivity contribution is 0.601. The maximum atomic E-state index is 4.31. The zero-order valence-corrected chi connectivity index (χ0v) is 10.4. The summed E-state index contributed by atoms with van der Waals surface area (Å²) in [4.78, 5) is 5.61. The molecule has 0 aliphatic heterocycles. The van der Waals surface area contributed by atoms with Crippen LogP contribution in [-0.2, 0) is 6.42 Å². The van der Waals surface area contributed by atoms with E-state index in [0.717, 1.165) is 11.4 Å². The lowest BCUT2D eigenvalue weighted by Gasteiger charge is -2.13. The van der Waals surface area contributed by atoms with Gasteiger partial charge in [-0.05, 0) is 26.0 Å². The predicted octanol–water partition coefficient (Wildman–Crippen LogP) is 2.95. The fraction of sp³-hybridized carbons (Fsp3) is 0.308. The Morgan fingerprint density at radius 1 is 1.31 bits per heavy atom. The quantitative estimate of drug-likeness (QED) is 0.876. The normalized spacial score (nSPS) is 12.6. The van der Waals surface area contributed by atoms with Crippen LogP contribution in [0.1, 0.15) is 21.5 Å². The highest BCUT2D eigenvalue weighted by atomic mass is 32.1. The molecule has 0 bridgehead atoms. The van der Waals surface area contributed by atoms with Gasteiger partial charge in [0.2, 0.25) is 0 Å². The number of benzene rings is 1. The molecule has 0 saturated heterocycles. The standard InChI is InChI=1S/C13H16N2S/c1-10-15-9-13(16-10)12(14-2)8-11-6-4-3-5-7-11/h3-7,9,12,14H,8H2,1-2H3. The van der Waals surface area contributed by atoms with E-state index in [1.807, 2.05) is 20.2 Å².